The first-order valence-corrected chi connectivity index (χ1v) is 7.98. The fourth-order valence-electron chi connectivity index (χ4n) is 2.38. The van der Waals surface area contributed by atoms with Crippen LogP contribution in [0.25, 0.3) is 0 Å². The molecule has 7 heteroatoms. The third kappa shape index (κ3) is 3.45. The van der Waals surface area contributed by atoms with E-state index in [0.29, 0.717) is 30.3 Å². The maximum Gasteiger partial charge on any atom is 0.305 e. The largest absolute Gasteiger partial charge is 0.486 e. The number of aliphatic carboxylic acids is 1. The molecule has 6 nitrogen and oxygen atoms in total. The fourth-order valence-corrected chi connectivity index (χ4v) is 3.15. The highest BCUT2D eigenvalue weighted by molar-refractivity contribution is 7.10. The Balaban J connectivity index is 1.83. The Kier molecular flexibility index (Phi) is 4.47. The van der Waals surface area contributed by atoms with Gasteiger partial charge in [0.2, 0.25) is 0 Å². The second-order valence-electron chi connectivity index (χ2n) is 4.97. The molecule has 23 heavy (non-hydrogen) atoms. The Morgan fingerprint density at radius 3 is 2.78 bits per heavy atom. The summed E-state index contributed by atoms with van der Waals surface area (Å²) in [7, 11) is 0. The van der Waals surface area contributed by atoms with Crippen molar-refractivity contribution in [2.75, 3.05) is 13.2 Å². The molecule has 0 aliphatic carbocycles. The number of carbonyl (C=O) groups is 2. The fraction of sp³-hybridized carbons (Fsp3) is 0.250. The number of nitrogens with one attached hydrogen (secondary N) is 1. The maximum atomic E-state index is 12.6. The van der Waals surface area contributed by atoms with E-state index >= 15 is 0 Å². The highest BCUT2D eigenvalue weighted by atomic mass is 32.1. The first-order valence-electron chi connectivity index (χ1n) is 7.10. The summed E-state index contributed by atoms with van der Waals surface area (Å²) in [4.78, 5) is 24.4. The molecular weight excluding hydrogens is 318 g/mol. The number of carboxylic acids is 1. The molecule has 120 valence electrons. The van der Waals surface area contributed by atoms with Gasteiger partial charge in [0.25, 0.3) is 5.91 Å². The van der Waals surface area contributed by atoms with Gasteiger partial charge in [-0.2, -0.15) is 0 Å². The van der Waals surface area contributed by atoms with Crippen molar-refractivity contribution in [3.05, 3.63) is 46.2 Å². The van der Waals surface area contributed by atoms with Crippen molar-refractivity contribution in [3.63, 3.8) is 0 Å². The minimum absolute atomic E-state index is 0.182. The van der Waals surface area contributed by atoms with E-state index in [1.807, 2.05) is 11.4 Å². The molecule has 1 aromatic heterocycles. The lowest BCUT2D eigenvalue weighted by Gasteiger charge is -2.22. The number of fused-ring (bicyclic) bond motifs is 1. The number of thiophene rings is 1. The summed E-state index contributed by atoms with van der Waals surface area (Å²) in [5.74, 6) is -0.434. The van der Waals surface area contributed by atoms with Crippen LogP contribution in [0.1, 0.15) is 27.7 Å². The highest BCUT2D eigenvalue weighted by Crippen LogP contribution is 2.34. The number of carbonyl (C=O) groups excluding carboxylic acids is 1. The quantitative estimate of drug-likeness (QED) is 0.878. The third-order valence-electron chi connectivity index (χ3n) is 3.38. The van der Waals surface area contributed by atoms with Crippen molar-refractivity contribution in [2.24, 2.45) is 0 Å². The molecule has 0 unspecified atom stereocenters. The van der Waals surface area contributed by atoms with Crippen LogP contribution in [0, 0.1) is 0 Å². The topological polar surface area (TPSA) is 84.9 Å². The van der Waals surface area contributed by atoms with E-state index in [1.54, 1.807) is 24.3 Å². The normalized spacial score (nSPS) is 14.1. The molecule has 0 bridgehead atoms. The van der Waals surface area contributed by atoms with Gasteiger partial charge in [0, 0.05) is 4.88 Å². The Bertz CT molecular complexity index is 713. The summed E-state index contributed by atoms with van der Waals surface area (Å²) >= 11 is 1.40. The second-order valence-corrected chi connectivity index (χ2v) is 5.95. The SMILES string of the molecule is O=C(O)C[C@@H](NC(=O)c1cccc2c1OCCO2)c1cccs1. The first-order chi connectivity index (χ1) is 11.1. The molecule has 0 spiro atoms. The predicted molar refractivity (Wildman–Crippen MR) is 84.2 cm³/mol. The first kappa shape index (κ1) is 15.4. The lowest BCUT2D eigenvalue weighted by molar-refractivity contribution is -0.137. The van der Waals surface area contributed by atoms with Gasteiger partial charge in [0.1, 0.15) is 13.2 Å². The number of benzene rings is 1. The molecule has 1 atom stereocenters. The molecule has 1 amide bonds. The summed E-state index contributed by atoms with van der Waals surface area (Å²) in [5, 5.41) is 13.7. The molecule has 2 aromatic rings. The van der Waals surface area contributed by atoms with E-state index in [1.165, 1.54) is 11.3 Å². The van der Waals surface area contributed by atoms with Crippen LogP contribution in [-0.2, 0) is 4.79 Å². The van der Waals surface area contributed by atoms with Gasteiger partial charge in [-0.05, 0) is 23.6 Å². The minimum atomic E-state index is -0.974. The summed E-state index contributed by atoms with van der Waals surface area (Å²) in [6, 6.07) is 8.12. The standard InChI is InChI=1S/C16H15NO5S/c18-14(19)9-11(13-5-2-8-23-13)17-16(20)10-3-1-4-12-15(10)22-7-6-21-12/h1-5,8,11H,6-7,9H2,(H,17,20)(H,18,19)/t11-/m1/s1. The zero-order valence-corrected chi connectivity index (χ0v) is 13.0. The average molecular weight is 333 g/mol. The molecule has 0 saturated heterocycles. The number of para-hydroxylation sites is 1. The summed E-state index contributed by atoms with van der Waals surface area (Å²) in [6.07, 6.45) is -0.182. The van der Waals surface area contributed by atoms with Crippen molar-refractivity contribution >= 4 is 23.2 Å². The van der Waals surface area contributed by atoms with E-state index in [9.17, 15) is 9.59 Å². The van der Waals surface area contributed by atoms with E-state index in [2.05, 4.69) is 5.32 Å². The van der Waals surface area contributed by atoms with Gasteiger partial charge in [-0.1, -0.05) is 12.1 Å². The number of carboxylic acid groups (broad SMARTS) is 1. The molecule has 0 saturated carbocycles. The predicted octanol–water partition coefficient (Wildman–Crippen LogP) is 2.47. The van der Waals surface area contributed by atoms with Gasteiger partial charge >= 0.3 is 5.97 Å². The van der Waals surface area contributed by atoms with Crippen LogP contribution in [0.2, 0.25) is 0 Å². The Morgan fingerprint density at radius 1 is 1.22 bits per heavy atom. The van der Waals surface area contributed by atoms with Crippen LogP contribution in [0.5, 0.6) is 11.5 Å². The van der Waals surface area contributed by atoms with Crippen molar-refractivity contribution in [2.45, 2.75) is 12.5 Å². The van der Waals surface area contributed by atoms with Gasteiger partial charge < -0.3 is 19.9 Å². The Morgan fingerprint density at radius 2 is 2.04 bits per heavy atom. The zero-order chi connectivity index (χ0) is 16.2. The monoisotopic (exact) mass is 333 g/mol. The van der Waals surface area contributed by atoms with Crippen molar-refractivity contribution in [3.8, 4) is 11.5 Å². The third-order valence-corrected chi connectivity index (χ3v) is 4.37. The van der Waals surface area contributed by atoms with Gasteiger partial charge in [-0.25, -0.2) is 0 Å². The van der Waals surface area contributed by atoms with E-state index in [0.717, 1.165) is 4.88 Å². The van der Waals surface area contributed by atoms with Crippen LogP contribution >= 0.6 is 11.3 Å². The maximum absolute atomic E-state index is 12.6. The number of hydrogen-bond donors (Lipinski definition) is 2. The van der Waals surface area contributed by atoms with Crippen LogP contribution in [-0.4, -0.2) is 30.2 Å². The molecule has 2 heterocycles. The molecule has 0 fully saturated rings. The van der Waals surface area contributed by atoms with E-state index in [4.69, 9.17) is 14.6 Å². The summed E-state index contributed by atoms with van der Waals surface area (Å²) in [5.41, 5.74) is 0.342. The van der Waals surface area contributed by atoms with Crippen molar-refractivity contribution in [1.29, 1.82) is 0 Å². The molecule has 3 rings (SSSR count). The molecular formula is C16H15NO5S. The van der Waals surface area contributed by atoms with Crippen molar-refractivity contribution in [1.82, 2.24) is 5.32 Å². The van der Waals surface area contributed by atoms with Crippen LogP contribution in [0.3, 0.4) is 0 Å². The van der Waals surface area contributed by atoms with Crippen LogP contribution < -0.4 is 14.8 Å². The van der Waals surface area contributed by atoms with E-state index < -0.39 is 12.0 Å². The minimum Gasteiger partial charge on any atom is -0.486 e. The number of rotatable bonds is 5. The molecule has 1 aliphatic rings. The van der Waals surface area contributed by atoms with Gasteiger partial charge in [0.05, 0.1) is 18.0 Å². The lowest BCUT2D eigenvalue weighted by Crippen LogP contribution is -2.30. The second kappa shape index (κ2) is 6.70. The van der Waals surface area contributed by atoms with Gasteiger partial charge in [-0.3, -0.25) is 9.59 Å². The molecule has 1 aromatic carbocycles. The zero-order valence-electron chi connectivity index (χ0n) is 12.2. The van der Waals surface area contributed by atoms with Gasteiger partial charge in [0.15, 0.2) is 11.5 Å². The average Bonchev–Trinajstić information content (AvgIpc) is 3.07. The molecule has 2 N–H and O–H groups in total. The lowest BCUT2D eigenvalue weighted by atomic mass is 10.1. The number of amides is 1. The number of hydrogen-bond acceptors (Lipinski definition) is 5. The molecule has 0 radical (unpaired) electrons. The van der Waals surface area contributed by atoms with Crippen molar-refractivity contribution < 1.29 is 24.2 Å². The Labute approximate surface area is 136 Å². The summed E-state index contributed by atoms with van der Waals surface area (Å²) in [6.45, 7) is 0.815. The summed E-state index contributed by atoms with van der Waals surface area (Å²) < 4.78 is 11.0. The Hall–Kier alpha value is -2.54. The highest BCUT2D eigenvalue weighted by Gasteiger charge is 2.24. The molecule has 1 aliphatic heterocycles. The smallest absolute Gasteiger partial charge is 0.305 e. The van der Waals surface area contributed by atoms with Crippen LogP contribution in [0.15, 0.2) is 35.7 Å². The van der Waals surface area contributed by atoms with Crippen LogP contribution in [0.4, 0.5) is 0 Å². The number of ether oxygens (including phenoxy) is 2. The van der Waals surface area contributed by atoms with E-state index in [-0.39, 0.29) is 12.3 Å². The van der Waals surface area contributed by atoms with Gasteiger partial charge in [-0.15, -0.1) is 11.3 Å².